The van der Waals surface area contributed by atoms with Crippen LogP contribution in [0.3, 0.4) is 0 Å². The molecule has 0 bridgehead atoms. The van der Waals surface area contributed by atoms with E-state index in [1.165, 1.54) is 6.07 Å². The molecular weight excluding hydrogens is 305 g/mol. The normalized spacial score (nSPS) is 22.2. The number of aromatic nitrogens is 1. The smallest absolute Gasteiger partial charge is 0.307 e. The summed E-state index contributed by atoms with van der Waals surface area (Å²) in [5.74, 6) is -0.777. The molecule has 0 spiro atoms. The van der Waals surface area contributed by atoms with E-state index in [-0.39, 0.29) is 17.7 Å². The Labute approximate surface area is 141 Å². The van der Waals surface area contributed by atoms with E-state index in [0.717, 1.165) is 42.1 Å². The fourth-order valence-electron chi connectivity index (χ4n) is 4.00. The van der Waals surface area contributed by atoms with Crippen LogP contribution in [-0.2, 0) is 4.79 Å². The number of carboxylic acids is 1. The molecule has 4 heteroatoms. The predicted octanol–water partition coefficient (Wildman–Crippen LogP) is 4.92. The number of benzene rings is 1. The summed E-state index contributed by atoms with van der Waals surface area (Å²) in [6, 6.07) is 6.68. The lowest BCUT2D eigenvalue weighted by Crippen LogP contribution is -2.27. The molecule has 1 fully saturated rings. The van der Waals surface area contributed by atoms with Crippen molar-refractivity contribution in [1.29, 1.82) is 0 Å². The summed E-state index contributed by atoms with van der Waals surface area (Å²) in [7, 11) is 0. The minimum absolute atomic E-state index is 0.196. The number of rotatable bonds is 5. The first-order valence-electron chi connectivity index (χ1n) is 8.48. The van der Waals surface area contributed by atoms with Crippen molar-refractivity contribution < 1.29 is 14.3 Å². The van der Waals surface area contributed by atoms with E-state index < -0.39 is 5.97 Å². The molecule has 1 N–H and O–H groups in total. The molecule has 1 aliphatic rings. The molecule has 1 heterocycles. The van der Waals surface area contributed by atoms with Crippen LogP contribution in [0.2, 0.25) is 0 Å². The van der Waals surface area contributed by atoms with Gasteiger partial charge < -0.3 is 5.11 Å². The van der Waals surface area contributed by atoms with Gasteiger partial charge in [-0.05, 0) is 73.8 Å². The van der Waals surface area contributed by atoms with Gasteiger partial charge >= 0.3 is 5.97 Å². The zero-order chi connectivity index (χ0) is 17.1. The average Bonchev–Trinajstić information content (AvgIpc) is 2.59. The first-order chi connectivity index (χ1) is 11.6. The maximum Gasteiger partial charge on any atom is 0.307 e. The van der Waals surface area contributed by atoms with Gasteiger partial charge in [0.25, 0.3) is 0 Å². The number of carboxylic acid groups (broad SMARTS) is 1. The summed E-state index contributed by atoms with van der Waals surface area (Å²) in [5, 5.41) is 10.3. The molecule has 1 saturated carbocycles. The number of nitrogens with zero attached hydrogens (tertiary/aromatic N) is 1. The highest BCUT2D eigenvalue weighted by Crippen LogP contribution is 2.41. The van der Waals surface area contributed by atoms with E-state index in [1.807, 2.05) is 6.07 Å². The summed E-state index contributed by atoms with van der Waals surface area (Å²) < 4.78 is 13.6. The van der Waals surface area contributed by atoms with Gasteiger partial charge in [-0.3, -0.25) is 9.78 Å². The Morgan fingerprint density at radius 1 is 1.33 bits per heavy atom. The minimum atomic E-state index is -0.727. The number of pyridine rings is 1. The Hall–Kier alpha value is -2.23. The zero-order valence-corrected chi connectivity index (χ0v) is 13.6. The monoisotopic (exact) mass is 327 g/mol. The van der Waals surface area contributed by atoms with Gasteiger partial charge in [-0.15, -0.1) is 6.58 Å². The molecule has 0 amide bonds. The van der Waals surface area contributed by atoms with E-state index >= 15 is 0 Å². The highest BCUT2D eigenvalue weighted by Gasteiger charge is 2.32. The Bertz CT molecular complexity index is 750. The first-order valence-corrected chi connectivity index (χ1v) is 8.48. The number of allylic oxidation sites excluding steroid dienone is 1. The molecule has 3 rings (SSSR count). The number of carbonyl (C=O) groups is 1. The molecule has 126 valence electrons. The second-order valence-electron chi connectivity index (χ2n) is 6.64. The highest BCUT2D eigenvalue weighted by atomic mass is 19.1. The Morgan fingerprint density at radius 2 is 2.08 bits per heavy atom. The number of aliphatic carboxylic acids is 1. The molecule has 1 aromatic carbocycles. The van der Waals surface area contributed by atoms with Crippen LogP contribution in [-0.4, -0.2) is 16.1 Å². The summed E-state index contributed by atoms with van der Waals surface area (Å²) in [4.78, 5) is 15.8. The van der Waals surface area contributed by atoms with Crippen molar-refractivity contribution in [3.63, 3.8) is 0 Å². The number of fused-ring (bicyclic) bond motifs is 1. The first kappa shape index (κ1) is 16.6. The van der Waals surface area contributed by atoms with Crippen LogP contribution in [0, 0.1) is 17.7 Å². The molecule has 0 radical (unpaired) electrons. The van der Waals surface area contributed by atoms with Gasteiger partial charge in [-0.25, -0.2) is 4.39 Å². The van der Waals surface area contributed by atoms with Crippen molar-refractivity contribution in [1.82, 2.24) is 4.98 Å². The van der Waals surface area contributed by atoms with Crippen LogP contribution >= 0.6 is 0 Å². The SMILES string of the molecule is C=CC[C@@H](C(=O)O)C1CCC(c2ccnc3ccc(F)cc23)CC1. The number of hydrogen-bond donors (Lipinski definition) is 1. The van der Waals surface area contributed by atoms with E-state index in [9.17, 15) is 14.3 Å². The van der Waals surface area contributed by atoms with E-state index in [2.05, 4.69) is 11.6 Å². The zero-order valence-electron chi connectivity index (χ0n) is 13.6. The second-order valence-corrected chi connectivity index (χ2v) is 6.64. The van der Waals surface area contributed by atoms with Crippen molar-refractivity contribution in [3.05, 3.63) is 54.5 Å². The van der Waals surface area contributed by atoms with Gasteiger partial charge in [-0.2, -0.15) is 0 Å². The van der Waals surface area contributed by atoms with Crippen LogP contribution in [0.15, 0.2) is 43.1 Å². The summed E-state index contributed by atoms with van der Waals surface area (Å²) in [5.41, 5.74) is 1.94. The van der Waals surface area contributed by atoms with Gasteiger partial charge in [0.2, 0.25) is 0 Å². The van der Waals surface area contributed by atoms with Crippen molar-refractivity contribution in [2.24, 2.45) is 11.8 Å². The molecule has 0 saturated heterocycles. The topological polar surface area (TPSA) is 50.2 Å². The van der Waals surface area contributed by atoms with Crippen LogP contribution < -0.4 is 0 Å². The Morgan fingerprint density at radius 3 is 2.75 bits per heavy atom. The van der Waals surface area contributed by atoms with E-state index in [1.54, 1.807) is 24.4 Å². The third-order valence-corrected chi connectivity index (χ3v) is 5.26. The molecule has 1 aromatic heterocycles. The molecule has 1 aliphatic carbocycles. The van der Waals surface area contributed by atoms with Gasteiger partial charge in [0.05, 0.1) is 11.4 Å². The largest absolute Gasteiger partial charge is 0.481 e. The lowest BCUT2D eigenvalue weighted by molar-refractivity contribution is -0.144. The van der Waals surface area contributed by atoms with Crippen molar-refractivity contribution in [2.45, 2.75) is 38.0 Å². The third kappa shape index (κ3) is 3.32. The molecule has 24 heavy (non-hydrogen) atoms. The molecular formula is C20H22FNO2. The van der Waals surface area contributed by atoms with Crippen molar-refractivity contribution in [2.75, 3.05) is 0 Å². The lowest BCUT2D eigenvalue weighted by Gasteiger charge is -2.32. The van der Waals surface area contributed by atoms with E-state index in [4.69, 9.17) is 0 Å². The number of hydrogen-bond acceptors (Lipinski definition) is 2. The molecule has 0 aliphatic heterocycles. The van der Waals surface area contributed by atoms with Gasteiger partial charge in [0, 0.05) is 11.6 Å². The van der Waals surface area contributed by atoms with Gasteiger partial charge in [0.1, 0.15) is 5.82 Å². The standard InChI is InChI=1S/C20H22FNO2/c1-2-3-17(20(23)24)14-6-4-13(5-7-14)16-10-11-22-19-9-8-15(21)12-18(16)19/h2,8-14,17H,1,3-7H2,(H,23,24)/t13?,14?,17-/m1/s1. The fourth-order valence-corrected chi connectivity index (χ4v) is 4.00. The van der Waals surface area contributed by atoms with Crippen LogP contribution in [0.4, 0.5) is 4.39 Å². The second kappa shape index (κ2) is 7.12. The lowest BCUT2D eigenvalue weighted by atomic mass is 9.72. The maximum atomic E-state index is 13.6. The quantitative estimate of drug-likeness (QED) is 0.793. The van der Waals surface area contributed by atoms with Crippen molar-refractivity contribution >= 4 is 16.9 Å². The molecule has 1 atom stereocenters. The molecule has 0 unspecified atom stereocenters. The Kier molecular flexibility index (Phi) is 4.93. The molecule has 3 nitrogen and oxygen atoms in total. The maximum absolute atomic E-state index is 13.6. The van der Waals surface area contributed by atoms with Gasteiger partial charge in [-0.1, -0.05) is 6.08 Å². The summed E-state index contributed by atoms with van der Waals surface area (Å²) >= 11 is 0. The predicted molar refractivity (Wildman–Crippen MR) is 92.3 cm³/mol. The fraction of sp³-hybridized carbons (Fsp3) is 0.400. The Balaban J connectivity index is 1.79. The van der Waals surface area contributed by atoms with Crippen LogP contribution in [0.1, 0.15) is 43.6 Å². The van der Waals surface area contributed by atoms with E-state index in [0.29, 0.717) is 12.3 Å². The van der Waals surface area contributed by atoms with Crippen molar-refractivity contribution in [3.8, 4) is 0 Å². The highest BCUT2D eigenvalue weighted by molar-refractivity contribution is 5.82. The number of halogens is 1. The third-order valence-electron chi connectivity index (χ3n) is 5.26. The summed E-state index contributed by atoms with van der Waals surface area (Å²) in [6.45, 7) is 3.68. The molecule has 2 aromatic rings. The summed E-state index contributed by atoms with van der Waals surface area (Å²) in [6.07, 6.45) is 7.63. The van der Waals surface area contributed by atoms with Gasteiger partial charge in [0.15, 0.2) is 0 Å². The van der Waals surface area contributed by atoms with Crippen LogP contribution in [0.25, 0.3) is 10.9 Å². The van der Waals surface area contributed by atoms with Crippen LogP contribution in [0.5, 0.6) is 0 Å². The average molecular weight is 327 g/mol. The minimum Gasteiger partial charge on any atom is -0.481 e.